The van der Waals surface area contributed by atoms with Gasteiger partial charge in [0, 0.05) is 29.6 Å². The second-order valence-electron chi connectivity index (χ2n) is 5.50. The minimum atomic E-state index is 0.134. The first-order chi connectivity index (χ1) is 10.0. The molecule has 110 valence electrons. The Kier molecular flexibility index (Phi) is 3.78. The fraction of sp³-hybridized carbons (Fsp3) is 0.312. The maximum atomic E-state index is 5.97. The number of aryl methyl sites for hydroxylation is 2. The average Bonchev–Trinajstić information content (AvgIpc) is 2.94. The van der Waals surface area contributed by atoms with Gasteiger partial charge in [0.2, 0.25) is 0 Å². The summed E-state index contributed by atoms with van der Waals surface area (Å²) in [6.07, 6.45) is 0.849. The number of fused-ring (bicyclic) bond motifs is 1. The minimum Gasteiger partial charge on any atom is -0.349 e. The van der Waals surface area contributed by atoms with Gasteiger partial charge in [0.15, 0.2) is 0 Å². The largest absolute Gasteiger partial charge is 0.349 e. The molecule has 3 N–H and O–H groups in total. The number of hydrogen-bond acceptors (Lipinski definition) is 3. The molecule has 0 aliphatic rings. The molecule has 5 heteroatoms. The number of benzene rings is 1. The average molecular weight is 300 g/mol. The number of aromatic nitrogens is 3. The van der Waals surface area contributed by atoms with Crippen LogP contribution in [0.3, 0.4) is 0 Å². The van der Waals surface area contributed by atoms with Crippen molar-refractivity contribution >= 4 is 22.7 Å². The van der Waals surface area contributed by atoms with Crippen LogP contribution in [-0.4, -0.2) is 20.8 Å². The summed E-state index contributed by atoms with van der Waals surface area (Å²) in [4.78, 5) is 3.45. The van der Waals surface area contributed by atoms with E-state index in [1.165, 1.54) is 10.9 Å². The van der Waals surface area contributed by atoms with E-state index in [2.05, 4.69) is 34.3 Å². The topological polar surface area (TPSA) is 59.6 Å². The second kappa shape index (κ2) is 5.58. The third-order valence-electron chi connectivity index (χ3n) is 3.53. The van der Waals surface area contributed by atoms with Gasteiger partial charge in [0.25, 0.3) is 0 Å². The Morgan fingerprint density at radius 1 is 1.38 bits per heavy atom. The SMILES string of the molecule is Cc1nn(C)c(Sc2cc3ccccc3[nH]2)c1CC(C)N. The summed E-state index contributed by atoms with van der Waals surface area (Å²) in [5.41, 5.74) is 9.44. The highest BCUT2D eigenvalue weighted by molar-refractivity contribution is 7.99. The van der Waals surface area contributed by atoms with Gasteiger partial charge in [0.05, 0.1) is 10.7 Å². The predicted octanol–water partition coefficient (Wildman–Crippen LogP) is 3.25. The third-order valence-corrected chi connectivity index (χ3v) is 4.67. The first kappa shape index (κ1) is 14.2. The van der Waals surface area contributed by atoms with Crippen molar-refractivity contribution in [3.63, 3.8) is 0 Å². The number of hydrogen-bond donors (Lipinski definition) is 2. The Balaban J connectivity index is 1.97. The van der Waals surface area contributed by atoms with Gasteiger partial charge < -0.3 is 10.7 Å². The van der Waals surface area contributed by atoms with Crippen molar-refractivity contribution in [2.75, 3.05) is 0 Å². The zero-order valence-electron chi connectivity index (χ0n) is 12.6. The van der Waals surface area contributed by atoms with Crippen LogP contribution >= 0.6 is 11.8 Å². The summed E-state index contributed by atoms with van der Waals surface area (Å²) < 4.78 is 1.95. The number of nitrogens with two attached hydrogens (primary N) is 1. The monoisotopic (exact) mass is 300 g/mol. The minimum absolute atomic E-state index is 0.134. The fourth-order valence-electron chi connectivity index (χ4n) is 2.57. The highest BCUT2D eigenvalue weighted by Crippen LogP contribution is 2.33. The van der Waals surface area contributed by atoms with Crippen LogP contribution in [-0.2, 0) is 13.5 Å². The molecule has 0 aliphatic carbocycles. The van der Waals surface area contributed by atoms with Gasteiger partial charge in [-0.3, -0.25) is 4.68 Å². The van der Waals surface area contributed by atoms with Gasteiger partial charge in [-0.1, -0.05) is 30.0 Å². The van der Waals surface area contributed by atoms with Crippen LogP contribution in [0.5, 0.6) is 0 Å². The van der Waals surface area contributed by atoms with Gasteiger partial charge in [-0.2, -0.15) is 5.10 Å². The summed E-state index contributed by atoms with van der Waals surface area (Å²) in [6, 6.07) is 10.6. The number of para-hydroxylation sites is 1. The van der Waals surface area contributed by atoms with Gasteiger partial charge in [-0.05, 0) is 32.4 Å². The molecule has 3 aromatic rings. The fourth-order valence-corrected chi connectivity index (χ4v) is 3.65. The molecule has 1 atom stereocenters. The first-order valence-corrected chi connectivity index (χ1v) is 7.90. The van der Waals surface area contributed by atoms with E-state index in [4.69, 9.17) is 5.73 Å². The van der Waals surface area contributed by atoms with Crippen molar-refractivity contribution in [2.45, 2.75) is 36.4 Å². The maximum absolute atomic E-state index is 5.97. The van der Waals surface area contributed by atoms with Crippen molar-refractivity contribution in [2.24, 2.45) is 12.8 Å². The predicted molar refractivity (Wildman–Crippen MR) is 87.7 cm³/mol. The third kappa shape index (κ3) is 2.84. The lowest BCUT2D eigenvalue weighted by Crippen LogP contribution is -2.18. The molecule has 1 unspecified atom stereocenters. The summed E-state index contributed by atoms with van der Waals surface area (Å²) in [7, 11) is 1.99. The van der Waals surface area contributed by atoms with E-state index >= 15 is 0 Å². The van der Waals surface area contributed by atoms with E-state index in [1.807, 2.05) is 31.6 Å². The summed E-state index contributed by atoms with van der Waals surface area (Å²) in [5.74, 6) is 0. The van der Waals surface area contributed by atoms with Crippen molar-refractivity contribution in [3.05, 3.63) is 41.6 Å². The molecular formula is C16H20N4S. The highest BCUT2D eigenvalue weighted by Gasteiger charge is 2.16. The van der Waals surface area contributed by atoms with E-state index in [-0.39, 0.29) is 6.04 Å². The lowest BCUT2D eigenvalue weighted by Gasteiger charge is -2.07. The van der Waals surface area contributed by atoms with Gasteiger partial charge >= 0.3 is 0 Å². The van der Waals surface area contributed by atoms with E-state index < -0.39 is 0 Å². The van der Waals surface area contributed by atoms with Gasteiger partial charge in [-0.25, -0.2) is 0 Å². The molecule has 0 aliphatic heterocycles. The molecule has 21 heavy (non-hydrogen) atoms. The van der Waals surface area contributed by atoms with Crippen molar-refractivity contribution in [3.8, 4) is 0 Å². The molecule has 0 fully saturated rings. The molecule has 0 radical (unpaired) electrons. The number of aromatic amines is 1. The van der Waals surface area contributed by atoms with Crippen LogP contribution in [0.25, 0.3) is 10.9 Å². The van der Waals surface area contributed by atoms with Crippen LogP contribution in [0.2, 0.25) is 0 Å². The summed E-state index contributed by atoms with van der Waals surface area (Å²) in [6.45, 7) is 4.08. The molecule has 0 saturated heterocycles. The van der Waals surface area contributed by atoms with E-state index in [0.717, 1.165) is 27.7 Å². The molecule has 4 nitrogen and oxygen atoms in total. The maximum Gasteiger partial charge on any atom is 0.103 e. The lowest BCUT2D eigenvalue weighted by atomic mass is 10.1. The molecule has 0 amide bonds. The Morgan fingerprint density at radius 2 is 2.14 bits per heavy atom. The summed E-state index contributed by atoms with van der Waals surface area (Å²) >= 11 is 1.72. The lowest BCUT2D eigenvalue weighted by molar-refractivity contribution is 0.677. The number of rotatable bonds is 4. The molecule has 2 aromatic heterocycles. The highest BCUT2D eigenvalue weighted by atomic mass is 32.2. The van der Waals surface area contributed by atoms with Gasteiger partial charge in [0.1, 0.15) is 5.03 Å². The standard InChI is InChI=1S/C16H20N4S/c1-10(17)8-13-11(2)19-20(3)16(13)21-15-9-12-6-4-5-7-14(12)18-15/h4-7,9-10,18H,8,17H2,1-3H3. The number of nitrogens with one attached hydrogen (secondary N) is 1. The molecule has 0 bridgehead atoms. The van der Waals surface area contributed by atoms with Crippen LogP contribution in [0.15, 0.2) is 40.4 Å². The Morgan fingerprint density at radius 3 is 2.86 bits per heavy atom. The van der Waals surface area contributed by atoms with Crippen molar-refractivity contribution in [1.29, 1.82) is 0 Å². The molecule has 0 spiro atoms. The first-order valence-electron chi connectivity index (χ1n) is 7.08. The van der Waals surface area contributed by atoms with Crippen LogP contribution in [0, 0.1) is 6.92 Å². The molecular weight excluding hydrogens is 280 g/mol. The van der Waals surface area contributed by atoms with Crippen LogP contribution in [0.1, 0.15) is 18.2 Å². The number of H-pyrrole nitrogens is 1. The summed E-state index contributed by atoms with van der Waals surface area (Å²) in [5, 5.41) is 8.06. The quantitative estimate of drug-likeness (QED) is 0.777. The van der Waals surface area contributed by atoms with E-state index in [9.17, 15) is 0 Å². The molecule has 3 rings (SSSR count). The van der Waals surface area contributed by atoms with Crippen LogP contribution in [0.4, 0.5) is 0 Å². The smallest absolute Gasteiger partial charge is 0.103 e. The van der Waals surface area contributed by atoms with Crippen molar-refractivity contribution in [1.82, 2.24) is 14.8 Å². The van der Waals surface area contributed by atoms with E-state index in [1.54, 1.807) is 11.8 Å². The second-order valence-corrected chi connectivity index (χ2v) is 6.53. The molecule has 2 heterocycles. The van der Waals surface area contributed by atoms with Crippen LogP contribution < -0.4 is 5.73 Å². The normalized spacial score (nSPS) is 13.0. The Hall–Kier alpha value is -1.72. The molecule has 0 saturated carbocycles. The van der Waals surface area contributed by atoms with E-state index in [0.29, 0.717) is 0 Å². The Bertz CT molecular complexity index is 737. The Labute approximate surface area is 128 Å². The number of nitrogens with zero attached hydrogens (tertiary/aromatic N) is 2. The van der Waals surface area contributed by atoms with Gasteiger partial charge in [-0.15, -0.1) is 0 Å². The zero-order chi connectivity index (χ0) is 15.0. The zero-order valence-corrected chi connectivity index (χ0v) is 13.4. The van der Waals surface area contributed by atoms with Crippen molar-refractivity contribution < 1.29 is 0 Å². The molecule has 1 aromatic carbocycles.